The summed E-state index contributed by atoms with van der Waals surface area (Å²) in [6, 6.07) is 5.63. The average molecular weight is 278 g/mol. The van der Waals surface area contributed by atoms with Crippen LogP contribution in [-0.4, -0.2) is 38.2 Å². The van der Waals surface area contributed by atoms with Crippen LogP contribution < -0.4 is 14.8 Å². The van der Waals surface area contributed by atoms with Gasteiger partial charge in [0.1, 0.15) is 0 Å². The first-order chi connectivity index (χ1) is 9.65. The topological polar surface area (TPSA) is 50.8 Å². The second kappa shape index (κ2) is 6.50. The largest absolute Gasteiger partial charge is 0.493 e. The Balaban J connectivity index is 2.04. The quantitative estimate of drug-likeness (QED) is 0.921. The molecule has 1 fully saturated rings. The SMILES string of the molecule is COc1ccc(C(C)NC(=O)N2CCCC2)cc1OC. The van der Waals surface area contributed by atoms with Crippen LogP contribution in [0.2, 0.25) is 0 Å². The molecule has 0 saturated carbocycles. The Kier molecular flexibility index (Phi) is 4.71. The number of rotatable bonds is 4. The van der Waals surface area contributed by atoms with E-state index in [1.807, 2.05) is 30.0 Å². The molecule has 1 atom stereocenters. The van der Waals surface area contributed by atoms with Gasteiger partial charge in [-0.05, 0) is 37.5 Å². The molecule has 0 bridgehead atoms. The predicted octanol–water partition coefficient (Wildman–Crippen LogP) is 2.57. The molecule has 1 aromatic carbocycles. The molecule has 5 nitrogen and oxygen atoms in total. The molecular formula is C15H22N2O3. The van der Waals surface area contributed by atoms with E-state index in [4.69, 9.17) is 9.47 Å². The molecule has 2 rings (SSSR count). The Hall–Kier alpha value is -1.91. The van der Waals surface area contributed by atoms with Gasteiger partial charge in [0.25, 0.3) is 0 Å². The molecule has 0 spiro atoms. The minimum Gasteiger partial charge on any atom is -0.493 e. The van der Waals surface area contributed by atoms with Crippen molar-refractivity contribution in [3.05, 3.63) is 23.8 Å². The summed E-state index contributed by atoms with van der Waals surface area (Å²) in [6.07, 6.45) is 2.19. The lowest BCUT2D eigenvalue weighted by molar-refractivity contribution is 0.205. The van der Waals surface area contributed by atoms with E-state index in [0.29, 0.717) is 11.5 Å². The van der Waals surface area contributed by atoms with Gasteiger partial charge < -0.3 is 19.7 Å². The molecule has 1 aliphatic heterocycles. The first-order valence-corrected chi connectivity index (χ1v) is 6.93. The first kappa shape index (κ1) is 14.5. The summed E-state index contributed by atoms with van der Waals surface area (Å²) < 4.78 is 10.5. The van der Waals surface area contributed by atoms with Crippen LogP contribution in [0.15, 0.2) is 18.2 Å². The molecule has 1 aliphatic rings. The summed E-state index contributed by atoms with van der Waals surface area (Å²) in [5.74, 6) is 1.36. The van der Waals surface area contributed by atoms with Crippen molar-refractivity contribution < 1.29 is 14.3 Å². The summed E-state index contributed by atoms with van der Waals surface area (Å²) >= 11 is 0. The zero-order valence-corrected chi connectivity index (χ0v) is 12.3. The van der Waals surface area contributed by atoms with Crippen LogP contribution in [-0.2, 0) is 0 Å². The molecule has 1 aromatic rings. The van der Waals surface area contributed by atoms with Crippen LogP contribution in [0.1, 0.15) is 31.4 Å². The number of hydrogen-bond donors (Lipinski definition) is 1. The number of carbonyl (C=O) groups is 1. The minimum absolute atomic E-state index is 0.00443. The lowest BCUT2D eigenvalue weighted by atomic mass is 10.1. The number of ether oxygens (including phenoxy) is 2. The van der Waals surface area contributed by atoms with E-state index >= 15 is 0 Å². The van der Waals surface area contributed by atoms with Crippen molar-refractivity contribution in [2.24, 2.45) is 0 Å². The van der Waals surface area contributed by atoms with E-state index in [2.05, 4.69) is 5.32 Å². The van der Waals surface area contributed by atoms with Crippen LogP contribution >= 0.6 is 0 Å². The van der Waals surface area contributed by atoms with Crippen LogP contribution in [0, 0.1) is 0 Å². The summed E-state index contributed by atoms with van der Waals surface area (Å²) in [5, 5.41) is 3.02. The number of likely N-dealkylation sites (tertiary alicyclic amines) is 1. The number of carbonyl (C=O) groups excluding carboxylic acids is 1. The van der Waals surface area contributed by atoms with Crippen molar-refractivity contribution in [1.29, 1.82) is 0 Å². The number of benzene rings is 1. The van der Waals surface area contributed by atoms with Gasteiger partial charge in [0.05, 0.1) is 20.3 Å². The Morgan fingerprint density at radius 1 is 1.20 bits per heavy atom. The van der Waals surface area contributed by atoms with Gasteiger partial charge in [-0.2, -0.15) is 0 Å². The molecule has 20 heavy (non-hydrogen) atoms. The van der Waals surface area contributed by atoms with E-state index in [1.54, 1.807) is 14.2 Å². The lowest BCUT2D eigenvalue weighted by Crippen LogP contribution is -2.39. The summed E-state index contributed by atoms with van der Waals surface area (Å²) in [5.41, 5.74) is 0.996. The Morgan fingerprint density at radius 3 is 2.45 bits per heavy atom. The molecule has 0 aromatic heterocycles. The zero-order chi connectivity index (χ0) is 14.5. The number of amides is 2. The van der Waals surface area contributed by atoms with Crippen molar-refractivity contribution >= 4 is 6.03 Å². The summed E-state index contributed by atoms with van der Waals surface area (Å²) in [4.78, 5) is 13.9. The van der Waals surface area contributed by atoms with Crippen LogP contribution in [0.5, 0.6) is 11.5 Å². The number of hydrogen-bond acceptors (Lipinski definition) is 3. The van der Waals surface area contributed by atoms with Gasteiger partial charge in [-0.3, -0.25) is 0 Å². The van der Waals surface area contributed by atoms with E-state index in [-0.39, 0.29) is 12.1 Å². The molecule has 0 radical (unpaired) electrons. The van der Waals surface area contributed by atoms with Gasteiger partial charge in [0.15, 0.2) is 11.5 Å². The van der Waals surface area contributed by atoms with Crippen molar-refractivity contribution in [3.8, 4) is 11.5 Å². The highest BCUT2D eigenvalue weighted by molar-refractivity contribution is 5.75. The molecule has 1 saturated heterocycles. The third-order valence-electron chi connectivity index (χ3n) is 3.64. The maximum atomic E-state index is 12.1. The molecule has 1 heterocycles. The highest BCUT2D eigenvalue weighted by atomic mass is 16.5. The monoisotopic (exact) mass is 278 g/mol. The van der Waals surface area contributed by atoms with Gasteiger partial charge >= 0.3 is 6.03 Å². The molecule has 1 unspecified atom stereocenters. The molecule has 2 amide bonds. The van der Waals surface area contributed by atoms with Gasteiger partial charge in [-0.1, -0.05) is 6.07 Å². The van der Waals surface area contributed by atoms with Gasteiger partial charge in [0.2, 0.25) is 0 Å². The van der Waals surface area contributed by atoms with Crippen molar-refractivity contribution in [1.82, 2.24) is 10.2 Å². The predicted molar refractivity (Wildman–Crippen MR) is 77.3 cm³/mol. The number of nitrogens with one attached hydrogen (secondary N) is 1. The summed E-state index contributed by atoms with van der Waals surface area (Å²) in [7, 11) is 3.21. The summed E-state index contributed by atoms with van der Waals surface area (Å²) in [6.45, 7) is 3.67. The number of urea groups is 1. The number of nitrogens with zero attached hydrogens (tertiary/aromatic N) is 1. The lowest BCUT2D eigenvalue weighted by Gasteiger charge is -2.21. The third kappa shape index (κ3) is 3.15. The fourth-order valence-corrected chi connectivity index (χ4v) is 2.40. The maximum absolute atomic E-state index is 12.1. The fraction of sp³-hybridized carbons (Fsp3) is 0.533. The molecule has 1 N–H and O–H groups in total. The normalized spacial score (nSPS) is 15.8. The van der Waals surface area contributed by atoms with Crippen LogP contribution in [0.4, 0.5) is 4.79 Å². The highest BCUT2D eigenvalue weighted by Gasteiger charge is 2.20. The Labute approximate surface area is 119 Å². The van der Waals surface area contributed by atoms with Crippen molar-refractivity contribution in [3.63, 3.8) is 0 Å². The molecule has 0 aliphatic carbocycles. The molecule has 110 valence electrons. The van der Waals surface area contributed by atoms with Crippen molar-refractivity contribution in [2.75, 3.05) is 27.3 Å². The third-order valence-corrected chi connectivity index (χ3v) is 3.64. The smallest absolute Gasteiger partial charge is 0.317 e. The fourth-order valence-electron chi connectivity index (χ4n) is 2.40. The zero-order valence-electron chi connectivity index (χ0n) is 12.3. The first-order valence-electron chi connectivity index (χ1n) is 6.93. The standard InChI is InChI=1S/C15H22N2O3/c1-11(16-15(18)17-8-4-5-9-17)12-6-7-13(19-2)14(10-12)20-3/h6-7,10-11H,4-5,8-9H2,1-3H3,(H,16,18). The van der Waals surface area contributed by atoms with E-state index in [0.717, 1.165) is 31.5 Å². The average Bonchev–Trinajstić information content (AvgIpc) is 3.00. The van der Waals surface area contributed by atoms with Gasteiger partial charge in [0, 0.05) is 13.1 Å². The molecule has 5 heteroatoms. The van der Waals surface area contributed by atoms with E-state index in [1.165, 1.54) is 0 Å². The minimum atomic E-state index is -0.0668. The number of methoxy groups -OCH3 is 2. The Bertz CT molecular complexity index is 470. The maximum Gasteiger partial charge on any atom is 0.317 e. The van der Waals surface area contributed by atoms with E-state index < -0.39 is 0 Å². The molecular weight excluding hydrogens is 256 g/mol. The second-order valence-electron chi connectivity index (χ2n) is 4.98. The van der Waals surface area contributed by atoms with Gasteiger partial charge in [-0.15, -0.1) is 0 Å². The van der Waals surface area contributed by atoms with Crippen LogP contribution in [0.3, 0.4) is 0 Å². The Morgan fingerprint density at radius 2 is 1.85 bits per heavy atom. The van der Waals surface area contributed by atoms with Crippen LogP contribution in [0.25, 0.3) is 0 Å². The van der Waals surface area contributed by atoms with E-state index in [9.17, 15) is 4.79 Å². The second-order valence-corrected chi connectivity index (χ2v) is 4.98. The van der Waals surface area contributed by atoms with Crippen molar-refractivity contribution in [2.45, 2.75) is 25.8 Å². The highest BCUT2D eigenvalue weighted by Crippen LogP contribution is 2.29. The van der Waals surface area contributed by atoms with Gasteiger partial charge in [-0.25, -0.2) is 4.79 Å².